The van der Waals surface area contributed by atoms with Gasteiger partial charge in [-0.1, -0.05) is 18.2 Å². The van der Waals surface area contributed by atoms with Crippen LogP contribution < -0.4 is 25.3 Å². The fourth-order valence-corrected chi connectivity index (χ4v) is 2.98. The van der Waals surface area contributed by atoms with Gasteiger partial charge < -0.3 is 30.2 Å². The maximum absolute atomic E-state index is 10.4. The number of nitrogens with one attached hydrogen (secondary N) is 1. The quantitative estimate of drug-likeness (QED) is 0.524. The molecule has 3 N–H and O–H groups in total. The highest BCUT2D eigenvalue weighted by atomic mass is 16.6. The van der Waals surface area contributed by atoms with Gasteiger partial charge in [0.05, 0.1) is 11.4 Å². The van der Waals surface area contributed by atoms with Gasteiger partial charge in [-0.3, -0.25) is 4.79 Å². The van der Waals surface area contributed by atoms with Crippen molar-refractivity contribution in [2.45, 2.75) is 6.10 Å². The van der Waals surface area contributed by atoms with Crippen molar-refractivity contribution < 1.29 is 19.0 Å². The van der Waals surface area contributed by atoms with E-state index < -0.39 is 6.10 Å². The Labute approximate surface area is 193 Å². The number of nitrogens with zero attached hydrogens (tertiary/aromatic N) is 3. The molecule has 0 saturated heterocycles. The lowest BCUT2D eigenvalue weighted by Gasteiger charge is -2.22. The Morgan fingerprint density at radius 1 is 1.21 bits per heavy atom. The van der Waals surface area contributed by atoms with Crippen LogP contribution in [0.25, 0.3) is 11.3 Å². The molecular weight excluding hydrogens is 422 g/mol. The van der Waals surface area contributed by atoms with Crippen molar-refractivity contribution in [2.75, 3.05) is 52.0 Å². The Morgan fingerprint density at radius 3 is 2.70 bits per heavy atom. The number of likely N-dealkylation sites (N-methyl/N-ethyl adjacent to an activating group) is 1. The lowest BCUT2D eigenvalue weighted by Crippen LogP contribution is -2.30. The minimum atomic E-state index is -0.458. The van der Waals surface area contributed by atoms with Crippen molar-refractivity contribution in [3.63, 3.8) is 0 Å². The maximum atomic E-state index is 10.4. The first kappa shape index (κ1) is 23.8. The van der Waals surface area contributed by atoms with Gasteiger partial charge in [0, 0.05) is 25.4 Å². The number of benzene rings is 2. The normalized spacial score (nSPS) is 14.1. The predicted molar refractivity (Wildman–Crippen MR) is 128 cm³/mol. The smallest absolute Gasteiger partial charge is 0.220 e. The Morgan fingerprint density at radius 2 is 2.00 bits per heavy atom. The largest absolute Gasteiger partial charge is 0.490 e. The fraction of sp³-hybridized carbons (Fsp3) is 0.292. The third kappa shape index (κ3) is 6.81. The van der Waals surface area contributed by atoms with Gasteiger partial charge in [-0.05, 0) is 44.4 Å². The van der Waals surface area contributed by atoms with Gasteiger partial charge >= 0.3 is 0 Å². The maximum Gasteiger partial charge on any atom is 0.220 e. The van der Waals surface area contributed by atoms with Crippen molar-refractivity contribution in [3.05, 3.63) is 54.7 Å². The van der Waals surface area contributed by atoms with Crippen LogP contribution in [0.15, 0.2) is 54.7 Å². The van der Waals surface area contributed by atoms with Crippen LogP contribution >= 0.6 is 0 Å². The van der Waals surface area contributed by atoms with Crippen molar-refractivity contribution in [1.82, 2.24) is 14.9 Å². The highest BCUT2D eigenvalue weighted by Crippen LogP contribution is 2.31. The molecule has 2 aromatic carbocycles. The summed E-state index contributed by atoms with van der Waals surface area (Å²) in [5.41, 5.74) is 8.30. The Kier molecular flexibility index (Phi) is 8.43. The topological polar surface area (TPSA) is 112 Å². The monoisotopic (exact) mass is 451 g/mol. The number of hydrogen-bond acceptors (Lipinski definition) is 9. The first-order valence-electron chi connectivity index (χ1n) is 10.5. The number of anilines is 2. The molecule has 0 bridgehead atoms. The SMILES string of the molecule is CNc1ccc(-c2ccnc(N)n2)cc1OCCN(C)C.O=CC1COc2ccccc2O1. The lowest BCUT2D eigenvalue weighted by atomic mass is 10.1. The zero-order valence-corrected chi connectivity index (χ0v) is 19.0. The van der Waals surface area contributed by atoms with Crippen molar-refractivity contribution >= 4 is 17.9 Å². The molecule has 2 heterocycles. The van der Waals surface area contributed by atoms with Gasteiger partial charge in [0.2, 0.25) is 5.95 Å². The Bertz CT molecular complexity index is 1060. The molecular formula is C24H29N5O4. The average Bonchev–Trinajstić information content (AvgIpc) is 2.84. The number of fused-ring (bicyclic) bond motifs is 1. The van der Waals surface area contributed by atoms with Crippen LogP contribution in [0, 0.1) is 0 Å². The molecule has 1 aliphatic heterocycles. The molecule has 0 fully saturated rings. The second-order valence-electron chi connectivity index (χ2n) is 7.46. The number of aromatic nitrogens is 2. The fourth-order valence-electron chi connectivity index (χ4n) is 2.98. The van der Waals surface area contributed by atoms with Gasteiger partial charge in [-0.15, -0.1) is 0 Å². The number of rotatable bonds is 7. The first-order valence-corrected chi connectivity index (χ1v) is 10.5. The van der Waals surface area contributed by atoms with Crippen molar-refractivity contribution in [2.24, 2.45) is 0 Å². The third-order valence-corrected chi connectivity index (χ3v) is 4.70. The van der Waals surface area contributed by atoms with E-state index in [-0.39, 0.29) is 5.95 Å². The minimum absolute atomic E-state index is 0.264. The van der Waals surface area contributed by atoms with Crippen LogP contribution in [-0.2, 0) is 4.79 Å². The van der Waals surface area contributed by atoms with Gasteiger partial charge in [0.15, 0.2) is 23.9 Å². The molecule has 3 aromatic rings. The number of ether oxygens (including phenoxy) is 3. The second kappa shape index (κ2) is 11.7. The van der Waals surface area contributed by atoms with Crippen LogP contribution in [0.1, 0.15) is 0 Å². The van der Waals surface area contributed by atoms with E-state index in [9.17, 15) is 4.79 Å². The third-order valence-electron chi connectivity index (χ3n) is 4.70. The van der Waals surface area contributed by atoms with E-state index in [1.165, 1.54) is 0 Å². The summed E-state index contributed by atoms with van der Waals surface area (Å²) in [4.78, 5) is 20.6. The number of para-hydroxylation sites is 2. The van der Waals surface area contributed by atoms with Crippen molar-refractivity contribution in [3.8, 4) is 28.5 Å². The molecule has 9 heteroatoms. The zero-order chi connectivity index (χ0) is 23.6. The zero-order valence-electron chi connectivity index (χ0n) is 19.0. The van der Waals surface area contributed by atoms with E-state index in [1.807, 2.05) is 63.6 Å². The van der Waals surface area contributed by atoms with E-state index >= 15 is 0 Å². The Hall–Kier alpha value is -3.85. The summed E-state index contributed by atoms with van der Waals surface area (Å²) in [6.07, 6.45) is 1.94. The summed E-state index contributed by atoms with van der Waals surface area (Å²) in [7, 11) is 5.90. The molecule has 0 aliphatic carbocycles. The highest BCUT2D eigenvalue weighted by molar-refractivity contribution is 5.69. The molecule has 1 aliphatic rings. The van der Waals surface area contributed by atoms with Gasteiger partial charge in [-0.2, -0.15) is 0 Å². The van der Waals surface area contributed by atoms with Crippen LogP contribution in [0.5, 0.6) is 17.2 Å². The molecule has 33 heavy (non-hydrogen) atoms. The molecule has 4 rings (SSSR count). The van der Waals surface area contributed by atoms with Gasteiger partial charge in [0.25, 0.3) is 0 Å². The lowest BCUT2D eigenvalue weighted by molar-refractivity contribution is -0.115. The van der Waals surface area contributed by atoms with E-state index in [4.69, 9.17) is 19.9 Å². The number of aldehydes is 1. The summed E-state index contributed by atoms with van der Waals surface area (Å²) >= 11 is 0. The summed E-state index contributed by atoms with van der Waals surface area (Å²) < 4.78 is 16.4. The van der Waals surface area contributed by atoms with E-state index in [2.05, 4.69) is 20.2 Å². The molecule has 0 spiro atoms. The van der Waals surface area contributed by atoms with Gasteiger partial charge in [-0.25, -0.2) is 9.97 Å². The summed E-state index contributed by atoms with van der Waals surface area (Å²) in [6, 6.07) is 15.0. The highest BCUT2D eigenvalue weighted by Gasteiger charge is 2.19. The molecule has 1 aromatic heterocycles. The summed E-state index contributed by atoms with van der Waals surface area (Å²) in [5.74, 6) is 2.41. The predicted octanol–water partition coefficient (Wildman–Crippen LogP) is 2.73. The number of nitrogens with two attached hydrogens (primary N) is 1. The minimum Gasteiger partial charge on any atom is -0.490 e. The molecule has 174 valence electrons. The van der Waals surface area contributed by atoms with Crippen LogP contribution in [0.2, 0.25) is 0 Å². The standard InChI is InChI=1S/C15H21N5O.C9H8O3/c1-17-13-5-4-11(12-6-7-18-15(16)19-12)10-14(13)21-9-8-20(2)3;10-5-7-6-11-8-3-1-2-4-9(8)12-7/h4-7,10,17H,8-9H2,1-3H3,(H2,16,18,19);1-5,7H,6H2. The number of carbonyl (C=O) groups excluding carboxylic acids is 1. The molecule has 0 amide bonds. The number of hydrogen-bond donors (Lipinski definition) is 2. The molecule has 0 radical (unpaired) electrons. The summed E-state index contributed by atoms with van der Waals surface area (Å²) in [6.45, 7) is 1.78. The Balaban J connectivity index is 0.000000215. The van der Waals surface area contributed by atoms with Crippen LogP contribution in [-0.4, -0.2) is 68.2 Å². The molecule has 0 saturated carbocycles. The molecule has 1 atom stereocenters. The second-order valence-corrected chi connectivity index (χ2v) is 7.46. The van der Waals surface area contributed by atoms with Crippen LogP contribution in [0.3, 0.4) is 0 Å². The number of nitrogen functional groups attached to an aromatic ring is 1. The first-order chi connectivity index (χ1) is 16.0. The van der Waals surface area contributed by atoms with Gasteiger partial charge in [0.1, 0.15) is 19.0 Å². The van der Waals surface area contributed by atoms with E-state index in [0.717, 1.165) is 35.5 Å². The van der Waals surface area contributed by atoms with Crippen molar-refractivity contribution in [1.29, 1.82) is 0 Å². The van der Waals surface area contributed by atoms with E-state index in [0.29, 0.717) is 24.7 Å². The van der Waals surface area contributed by atoms with E-state index in [1.54, 1.807) is 12.3 Å². The molecule has 1 unspecified atom stereocenters. The van der Waals surface area contributed by atoms with Crippen LogP contribution in [0.4, 0.5) is 11.6 Å². The average molecular weight is 452 g/mol. The summed E-state index contributed by atoms with van der Waals surface area (Å²) in [5, 5.41) is 3.13. The molecule has 9 nitrogen and oxygen atoms in total. The number of carbonyl (C=O) groups is 1.